The van der Waals surface area contributed by atoms with Crippen molar-refractivity contribution < 1.29 is 4.79 Å². The van der Waals surface area contributed by atoms with Crippen LogP contribution in [0.1, 0.15) is 12.8 Å². The zero-order valence-electron chi connectivity index (χ0n) is 12.4. The van der Waals surface area contributed by atoms with Gasteiger partial charge in [0, 0.05) is 23.2 Å². The Kier molecular flexibility index (Phi) is 5.92. The number of benzene rings is 1. The number of carbonyl (C=O) groups excluding carboxylic acids is 1. The fourth-order valence-electron chi connectivity index (χ4n) is 2.27. The molecule has 0 spiro atoms. The minimum atomic E-state index is -0.151. The number of nitrogens with zero attached hydrogens (tertiary/aromatic N) is 4. The van der Waals surface area contributed by atoms with E-state index in [1.807, 2.05) is 0 Å². The van der Waals surface area contributed by atoms with Gasteiger partial charge in [-0.15, -0.1) is 22.6 Å². The van der Waals surface area contributed by atoms with Crippen LogP contribution < -0.4 is 11.1 Å². The lowest BCUT2D eigenvalue weighted by molar-refractivity contribution is -0.122. The van der Waals surface area contributed by atoms with Crippen LogP contribution in [0.25, 0.3) is 11.4 Å². The first-order valence-corrected chi connectivity index (χ1v) is 7.56. The molecule has 9 heteroatoms. The summed E-state index contributed by atoms with van der Waals surface area (Å²) < 4.78 is 0. The Morgan fingerprint density at radius 2 is 2.09 bits per heavy atom. The fraction of sp³-hybridized carbons (Fsp3) is 0.429. The molecule has 0 saturated heterocycles. The summed E-state index contributed by atoms with van der Waals surface area (Å²) in [5.41, 5.74) is 6.47. The molecule has 1 heterocycles. The smallest absolute Gasteiger partial charge is 0.243 e. The van der Waals surface area contributed by atoms with Crippen molar-refractivity contribution in [1.29, 1.82) is 0 Å². The lowest BCUT2D eigenvalue weighted by atomic mass is 10.2. The number of tetrazole rings is 1. The van der Waals surface area contributed by atoms with E-state index in [4.69, 9.17) is 17.3 Å². The fourth-order valence-corrected chi connectivity index (χ4v) is 2.40. The van der Waals surface area contributed by atoms with Gasteiger partial charge < -0.3 is 11.1 Å². The van der Waals surface area contributed by atoms with E-state index in [-0.39, 0.29) is 30.9 Å². The largest absolute Gasteiger partial charge is 0.350 e. The number of hydrogen-bond donors (Lipinski definition) is 2. The van der Waals surface area contributed by atoms with Gasteiger partial charge in [-0.1, -0.05) is 11.6 Å². The van der Waals surface area contributed by atoms with E-state index in [1.165, 1.54) is 4.80 Å². The van der Waals surface area contributed by atoms with E-state index in [0.717, 1.165) is 18.4 Å². The summed E-state index contributed by atoms with van der Waals surface area (Å²) in [4.78, 5) is 13.3. The molecular formula is C14H18Cl2N6O. The molecule has 1 aliphatic carbocycles. The molecule has 1 saturated carbocycles. The Balaban J connectivity index is 0.00000192. The van der Waals surface area contributed by atoms with E-state index >= 15 is 0 Å². The zero-order chi connectivity index (χ0) is 15.5. The molecule has 1 aromatic carbocycles. The van der Waals surface area contributed by atoms with E-state index < -0.39 is 0 Å². The van der Waals surface area contributed by atoms with Crippen LogP contribution in [0, 0.1) is 5.92 Å². The maximum atomic E-state index is 12.0. The van der Waals surface area contributed by atoms with Crippen LogP contribution in [-0.2, 0) is 11.3 Å². The predicted molar refractivity (Wildman–Crippen MR) is 89.2 cm³/mol. The Labute approximate surface area is 145 Å². The number of rotatable bonds is 6. The summed E-state index contributed by atoms with van der Waals surface area (Å²) in [6, 6.07) is 7.17. The minimum Gasteiger partial charge on any atom is -0.350 e. The van der Waals surface area contributed by atoms with Crippen molar-refractivity contribution in [3.05, 3.63) is 29.3 Å². The quantitative estimate of drug-likeness (QED) is 0.811. The third-order valence-electron chi connectivity index (χ3n) is 3.63. The zero-order valence-corrected chi connectivity index (χ0v) is 13.9. The number of hydrogen-bond acceptors (Lipinski definition) is 5. The highest BCUT2D eigenvalue weighted by atomic mass is 35.5. The molecule has 124 valence electrons. The van der Waals surface area contributed by atoms with Crippen molar-refractivity contribution in [3.8, 4) is 11.4 Å². The molecule has 1 unspecified atom stereocenters. The molecule has 23 heavy (non-hydrogen) atoms. The lowest BCUT2D eigenvalue weighted by Gasteiger charge is -2.15. The number of nitrogens with two attached hydrogens (primary N) is 1. The summed E-state index contributed by atoms with van der Waals surface area (Å²) in [5, 5.41) is 15.6. The van der Waals surface area contributed by atoms with Crippen molar-refractivity contribution >= 4 is 29.9 Å². The molecule has 1 fully saturated rings. The molecule has 2 aromatic rings. The van der Waals surface area contributed by atoms with Gasteiger partial charge in [0.1, 0.15) is 6.54 Å². The van der Waals surface area contributed by atoms with Crippen LogP contribution in [0.15, 0.2) is 24.3 Å². The Morgan fingerprint density at radius 1 is 1.39 bits per heavy atom. The second kappa shape index (κ2) is 7.72. The van der Waals surface area contributed by atoms with Gasteiger partial charge in [0.15, 0.2) is 0 Å². The summed E-state index contributed by atoms with van der Waals surface area (Å²) >= 11 is 5.84. The number of nitrogens with one attached hydrogen (secondary N) is 1. The molecule has 0 bridgehead atoms. The molecule has 1 amide bonds. The van der Waals surface area contributed by atoms with E-state index in [9.17, 15) is 4.79 Å². The molecule has 0 aliphatic heterocycles. The predicted octanol–water partition coefficient (Wildman–Crippen LogP) is 1.27. The minimum absolute atomic E-state index is 0. The number of amides is 1. The molecular weight excluding hydrogens is 339 g/mol. The first kappa shape index (κ1) is 17.7. The van der Waals surface area contributed by atoms with E-state index in [1.54, 1.807) is 24.3 Å². The van der Waals surface area contributed by atoms with Crippen LogP contribution in [0.2, 0.25) is 5.02 Å². The number of aromatic nitrogens is 4. The highest BCUT2D eigenvalue weighted by molar-refractivity contribution is 6.30. The van der Waals surface area contributed by atoms with Gasteiger partial charge in [0.05, 0.1) is 0 Å². The molecule has 1 atom stereocenters. The Bertz CT molecular complexity index is 656. The number of carbonyl (C=O) groups is 1. The van der Waals surface area contributed by atoms with Crippen molar-refractivity contribution in [3.63, 3.8) is 0 Å². The maximum Gasteiger partial charge on any atom is 0.243 e. The highest BCUT2D eigenvalue weighted by Gasteiger charge is 2.31. The summed E-state index contributed by atoms with van der Waals surface area (Å²) in [6.07, 6.45) is 2.26. The van der Waals surface area contributed by atoms with Crippen LogP contribution in [0.5, 0.6) is 0 Å². The van der Waals surface area contributed by atoms with Gasteiger partial charge in [-0.05, 0) is 48.2 Å². The summed E-state index contributed by atoms with van der Waals surface area (Å²) in [5.74, 6) is 0.826. The van der Waals surface area contributed by atoms with Gasteiger partial charge in [-0.25, -0.2) is 0 Å². The first-order chi connectivity index (χ1) is 10.7. The van der Waals surface area contributed by atoms with Gasteiger partial charge in [-0.2, -0.15) is 4.80 Å². The number of halogens is 2. The van der Waals surface area contributed by atoms with E-state index in [0.29, 0.717) is 23.3 Å². The lowest BCUT2D eigenvalue weighted by Crippen LogP contribution is -2.43. The second-order valence-corrected chi connectivity index (χ2v) is 5.83. The normalized spacial score (nSPS) is 14.9. The molecule has 3 N–H and O–H groups in total. The standard InChI is InChI=1S/C14H17ClN6O.ClH/c15-11-5-3-10(4-6-11)14-18-20-21(19-14)8-13(22)17-12(7-16)9-1-2-9;/h3-6,9,12H,1-2,7-8,16H2,(H,17,22);1H. The maximum absolute atomic E-state index is 12.0. The van der Waals surface area contributed by atoms with Crippen molar-refractivity contribution in [2.24, 2.45) is 11.7 Å². The summed E-state index contributed by atoms with van der Waals surface area (Å²) in [6.45, 7) is 0.487. The van der Waals surface area contributed by atoms with Crippen LogP contribution in [0.4, 0.5) is 0 Å². The molecule has 7 nitrogen and oxygen atoms in total. The van der Waals surface area contributed by atoms with Crippen LogP contribution in [-0.4, -0.2) is 38.7 Å². The SMILES string of the molecule is Cl.NCC(NC(=O)Cn1nnc(-c2ccc(Cl)cc2)n1)C1CC1. The molecule has 1 aromatic heterocycles. The summed E-state index contributed by atoms with van der Waals surface area (Å²) in [7, 11) is 0. The van der Waals surface area contributed by atoms with Crippen LogP contribution >= 0.6 is 24.0 Å². The highest BCUT2D eigenvalue weighted by Crippen LogP contribution is 2.32. The molecule has 0 radical (unpaired) electrons. The van der Waals surface area contributed by atoms with Crippen molar-refractivity contribution in [2.45, 2.75) is 25.4 Å². The molecule has 1 aliphatic rings. The van der Waals surface area contributed by atoms with Crippen molar-refractivity contribution in [1.82, 2.24) is 25.5 Å². The van der Waals surface area contributed by atoms with E-state index in [2.05, 4.69) is 20.7 Å². The first-order valence-electron chi connectivity index (χ1n) is 7.19. The Hall–Kier alpha value is -1.70. The second-order valence-electron chi connectivity index (χ2n) is 5.40. The third kappa shape index (κ3) is 4.63. The third-order valence-corrected chi connectivity index (χ3v) is 3.88. The van der Waals surface area contributed by atoms with Crippen LogP contribution in [0.3, 0.4) is 0 Å². The van der Waals surface area contributed by atoms with Gasteiger partial charge in [0.25, 0.3) is 0 Å². The topological polar surface area (TPSA) is 98.7 Å². The van der Waals surface area contributed by atoms with Crippen molar-refractivity contribution in [2.75, 3.05) is 6.54 Å². The van der Waals surface area contributed by atoms with Gasteiger partial charge >= 0.3 is 0 Å². The van der Waals surface area contributed by atoms with Gasteiger partial charge in [0.2, 0.25) is 11.7 Å². The average molecular weight is 357 g/mol. The molecule has 3 rings (SSSR count). The average Bonchev–Trinajstić information content (AvgIpc) is 3.25. The Morgan fingerprint density at radius 3 is 2.70 bits per heavy atom. The van der Waals surface area contributed by atoms with Gasteiger partial charge in [-0.3, -0.25) is 4.79 Å². The monoisotopic (exact) mass is 356 g/mol.